The molecule has 0 radical (unpaired) electrons. The third-order valence-electron chi connectivity index (χ3n) is 4.43. The van der Waals surface area contributed by atoms with Crippen molar-refractivity contribution in [1.29, 1.82) is 0 Å². The van der Waals surface area contributed by atoms with Crippen LogP contribution in [0.2, 0.25) is 0 Å². The van der Waals surface area contributed by atoms with Crippen LogP contribution in [0.1, 0.15) is 16.1 Å². The number of benzene rings is 2. The van der Waals surface area contributed by atoms with Crippen molar-refractivity contribution in [2.45, 2.75) is 11.4 Å². The van der Waals surface area contributed by atoms with Gasteiger partial charge in [-0.2, -0.15) is 0 Å². The number of hydrogen-bond donors (Lipinski definition) is 1. The Morgan fingerprint density at radius 2 is 1.83 bits per heavy atom. The molecule has 4 aromatic rings. The molecule has 6 nitrogen and oxygen atoms in total. The minimum Gasteiger partial charge on any atom is -0.346 e. The van der Waals surface area contributed by atoms with E-state index in [9.17, 15) is 4.79 Å². The van der Waals surface area contributed by atoms with Crippen LogP contribution in [-0.4, -0.2) is 32.1 Å². The highest BCUT2D eigenvalue weighted by Gasteiger charge is 2.22. The zero-order chi connectivity index (χ0) is 20.1. The summed E-state index contributed by atoms with van der Waals surface area (Å²) in [4.78, 5) is 18.3. The normalized spacial score (nSPS) is 10.7. The predicted molar refractivity (Wildman–Crippen MR) is 114 cm³/mol. The van der Waals surface area contributed by atoms with Gasteiger partial charge in [0.05, 0.1) is 5.69 Å². The summed E-state index contributed by atoms with van der Waals surface area (Å²) in [6.07, 6.45) is 5.43. The number of rotatable bonds is 6. The van der Waals surface area contributed by atoms with Gasteiger partial charge in [0.15, 0.2) is 5.69 Å². The van der Waals surface area contributed by atoms with Gasteiger partial charge in [-0.3, -0.25) is 9.78 Å². The first-order valence-corrected chi connectivity index (χ1v) is 10.3. The Hall–Kier alpha value is -3.45. The number of nitrogens with one attached hydrogen (secondary N) is 1. The lowest BCUT2D eigenvalue weighted by Crippen LogP contribution is -2.24. The molecule has 144 valence electrons. The molecule has 0 bridgehead atoms. The summed E-state index contributed by atoms with van der Waals surface area (Å²) in [5.41, 5.74) is 3.50. The second-order valence-corrected chi connectivity index (χ2v) is 7.19. The molecule has 2 heterocycles. The lowest BCUT2D eigenvalue weighted by atomic mass is 10.1. The summed E-state index contributed by atoms with van der Waals surface area (Å²) < 4.78 is 1.68. The van der Waals surface area contributed by atoms with Crippen molar-refractivity contribution < 1.29 is 4.79 Å². The maximum atomic E-state index is 12.9. The summed E-state index contributed by atoms with van der Waals surface area (Å²) in [5, 5.41) is 11.4. The van der Waals surface area contributed by atoms with E-state index in [-0.39, 0.29) is 11.6 Å². The number of carbonyl (C=O) groups is 1. The third kappa shape index (κ3) is 4.20. The Morgan fingerprint density at radius 3 is 2.52 bits per heavy atom. The van der Waals surface area contributed by atoms with Crippen LogP contribution < -0.4 is 5.32 Å². The first-order valence-electron chi connectivity index (χ1n) is 9.09. The van der Waals surface area contributed by atoms with Crippen LogP contribution in [-0.2, 0) is 6.54 Å². The van der Waals surface area contributed by atoms with Crippen molar-refractivity contribution >= 4 is 17.7 Å². The maximum absolute atomic E-state index is 12.9. The molecule has 0 saturated heterocycles. The average molecular weight is 401 g/mol. The molecule has 0 spiro atoms. The van der Waals surface area contributed by atoms with E-state index in [1.54, 1.807) is 28.8 Å². The van der Waals surface area contributed by atoms with E-state index in [0.717, 1.165) is 21.7 Å². The van der Waals surface area contributed by atoms with Gasteiger partial charge in [-0.1, -0.05) is 35.5 Å². The van der Waals surface area contributed by atoms with E-state index in [0.29, 0.717) is 12.2 Å². The zero-order valence-corrected chi connectivity index (χ0v) is 16.6. The van der Waals surface area contributed by atoms with Crippen molar-refractivity contribution in [1.82, 2.24) is 25.3 Å². The molecule has 1 N–H and O–H groups in total. The number of thioether (sulfide) groups is 1. The standard InChI is InChI=1S/C22H19N5OS/c1-29-19-11-9-18(10-12-19)27-21(17-8-5-13-23-15-17)20(25-26-27)22(28)24-14-16-6-3-2-4-7-16/h2-13,15H,14H2,1H3,(H,24,28). The molecule has 0 saturated carbocycles. The van der Waals surface area contributed by atoms with Crippen LogP contribution in [0.15, 0.2) is 84.0 Å². The van der Waals surface area contributed by atoms with Crippen molar-refractivity contribution in [3.8, 4) is 16.9 Å². The number of nitrogens with zero attached hydrogens (tertiary/aromatic N) is 4. The summed E-state index contributed by atoms with van der Waals surface area (Å²) >= 11 is 1.67. The van der Waals surface area contributed by atoms with Gasteiger partial charge in [0, 0.05) is 29.4 Å². The highest BCUT2D eigenvalue weighted by molar-refractivity contribution is 7.98. The Kier molecular flexibility index (Phi) is 5.67. The number of pyridine rings is 1. The van der Waals surface area contributed by atoms with Crippen LogP contribution in [0.25, 0.3) is 16.9 Å². The lowest BCUT2D eigenvalue weighted by molar-refractivity contribution is 0.0946. The van der Waals surface area contributed by atoms with Gasteiger partial charge in [0.1, 0.15) is 5.69 Å². The van der Waals surface area contributed by atoms with Gasteiger partial charge in [0.2, 0.25) is 0 Å². The van der Waals surface area contributed by atoms with E-state index in [1.165, 1.54) is 0 Å². The lowest BCUT2D eigenvalue weighted by Gasteiger charge is -2.09. The van der Waals surface area contributed by atoms with Crippen LogP contribution >= 0.6 is 11.8 Å². The Labute approximate surface area is 173 Å². The van der Waals surface area contributed by atoms with E-state index in [2.05, 4.69) is 20.6 Å². The minimum atomic E-state index is -0.278. The first kappa shape index (κ1) is 18.9. The van der Waals surface area contributed by atoms with Gasteiger partial charge < -0.3 is 5.32 Å². The fourth-order valence-corrected chi connectivity index (χ4v) is 3.37. The van der Waals surface area contributed by atoms with E-state index in [1.807, 2.05) is 73.0 Å². The number of amides is 1. The van der Waals surface area contributed by atoms with Gasteiger partial charge in [-0.25, -0.2) is 4.68 Å². The van der Waals surface area contributed by atoms with Crippen molar-refractivity contribution in [3.63, 3.8) is 0 Å². The van der Waals surface area contributed by atoms with Crippen molar-refractivity contribution in [2.24, 2.45) is 0 Å². The minimum absolute atomic E-state index is 0.267. The van der Waals surface area contributed by atoms with Crippen LogP contribution in [0.3, 0.4) is 0 Å². The number of carbonyl (C=O) groups excluding carboxylic acids is 1. The van der Waals surface area contributed by atoms with Crippen LogP contribution in [0, 0.1) is 0 Å². The van der Waals surface area contributed by atoms with E-state index >= 15 is 0 Å². The fraction of sp³-hybridized carbons (Fsp3) is 0.0909. The molecule has 29 heavy (non-hydrogen) atoms. The van der Waals surface area contributed by atoms with Crippen LogP contribution in [0.4, 0.5) is 0 Å². The molecule has 0 aliphatic rings. The molecule has 0 aliphatic carbocycles. The molecule has 4 rings (SSSR count). The highest BCUT2D eigenvalue weighted by atomic mass is 32.2. The Morgan fingerprint density at radius 1 is 1.03 bits per heavy atom. The molecule has 0 unspecified atom stereocenters. The molecule has 7 heteroatoms. The quantitative estimate of drug-likeness (QED) is 0.495. The van der Waals surface area contributed by atoms with Gasteiger partial charge in [-0.05, 0) is 48.2 Å². The maximum Gasteiger partial charge on any atom is 0.274 e. The smallest absolute Gasteiger partial charge is 0.274 e. The first-order chi connectivity index (χ1) is 14.3. The molecule has 0 aliphatic heterocycles. The molecule has 2 aromatic heterocycles. The molecular weight excluding hydrogens is 382 g/mol. The molecule has 1 amide bonds. The number of aromatic nitrogens is 4. The zero-order valence-electron chi connectivity index (χ0n) is 15.8. The molecule has 0 atom stereocenters. The second kappa shape index (κ2) is 8.70. The van der Waals surface area contributed by atoms with Gasteiger partial charge >= 0.3 is 0 Å². The number of hydrogen-bond acceptors (Lipinski definition) is 5. The summed E-state index contributed by atoms with van der Waals surface area (Å²) in [5.74, 6) is -0.278. The average Bonchev–Trinajstić information content (AvgIpc) is 3.24. The van der Waals surface area contributed by atoms with Gasteiger partial charge in [-0.15, -0.1) is 16.9 Å². The van der Waals surface area contributed by atoms with Gasteiger partial charge in [0.25, 0.3) is 5.91 Å². The van der Waals surface area contributed by atoms with E-state index < -0.39 is 0 Å². The Balaban J connectivity index is 1.70. The summed E-state index contributed by atoms with van der Waals surface area (Å²) in [7, 11) is 0. The monoisotopic (exact) mass is 401 g/mol. The molecular formula is C22H19N5OS. The van der Waals surface area contributed by atoms with Crippen molar-refractivity contribution in [3.05, 3.63) is 90.4 Å². The highest BCUT2D eigenvalue weighted by Crippen LogP contribution is 2.26. The molecule has 0 fully saturated rings. The topological polar surface area (TPSA) is 72.7 Å². The summed E-state index contributed by atoms with van der Waals surface area (Å²) in [6, 6.07) is 21.4. The van der Waals surface area contributed by atoms with Crippen LogP contribution in [0.5, 0.6) is 0 Å². The SMILES string of the molecule is CSc1ccc(-n2nnc(C(=O)NCc3ccccc3)c2-c2cccnc2)cc1. The Bertz CT molecular complexity index is 1100. The predicted octanol–water partition coefficient (Wildman–Crippen LogP) is 3.98. The largest absolute Gasteiger partial charge is 0.346 e. The van der Waals surface area contributed by atoms with E-state index in [4.69, 9.17) is 0 Å². The third-order valence-corrected chi connectivity index (χ3v) is 5.18. The van der Waals surface area contributed by atoms with Crippen molar-refractivity contribution in [2.75, 3.05) is 6.26 Å². The fourth-order valence-electron chi connectivity index (χ4n) is 2.96. The second-order valence-electron chi connectivity index (χ2n) is 6.31. The summed E-state index contributed by atoms with van der Waals surface area (Å²) in [6.45, 7) is 0.418. The molecule has 2 aromatic carbocycles.